The fourth-order valence-electron chi connectivity index (χ4n) is 3.88. The summed E-state index contributed by atoms with van der Waals surface area (Å²) in [6.45, 7) is 8.77. The Kier molecular flexibility index (Phi) is 10.8. The van der Waals surface area contributed by atoms with Crippen LogP contribution in [0.15, 0.2) is 48.5 Å². The van der Waals surface area contributed by atoms with Gasteiger partial charge in [0.25, 0.3) is 0 Å². The van der Waals surface area contributed by atoms with Crippen molar-refractivity contribution in [1.82, 2.24) is 10.2 Å². The lowest BCUT2D eigenvalue weighted by molar-refractivity contribution is -0.140. The van der Waals surface area contributed by atoms with E-state index in [4.69, 9.17) is 0 Å². The molecule has 0 saturated heterocycles. The zero-order chi connectivity index (χ0) is 26.0. The molecule has 8 heteroatoms. The molecular formula is C27H39N3O4S. The smallest absolute Gasteiger partial charge is 0.242 e. The predicted octanol–water partition coefficient (Wildman–Crippen LogP) is 4.18. The van der Waals surface area contributed by atoms with E-state index in [1.165, 1.54) is 10.6 Å². The van der Waals surface area contributed by atoms with Gasteiger partial charge in [0.05, 0.1) is 11.9 Å². The molecular weight excluding hydrogens is 462 g/mol. The third-order valence-corrected chi connectivity index (χ3v) is 7.23. The molecule has 2 aromatic rings. The molecule has 1 N–H and O–H groups in total. The molecule has 0 heterocycles. The second kappa shape index (κ2) is 13.3. The minimum atomic E-state index is -3.51. The first-order chi connectivity index (χ1) is 16.5. The van der Waals surface area contributed by atoms with E-state index in [-0.39, 0.29) is 24.8 Å². The zero-order valence-electron chi connectivity index (χ0n) is 21.6. The number of nitrogens with zero attached hydrogens (tertiary/aromatic N) is 2. The molecule has 0 unspecified atom stereocenters. The van der Waals surface area contributed by atoms with Crippen molar-refractivity contribution in [2.24, 2.45) is 0 Å². The Hall–Kier alpha value is -2.87. The number of hydrogen-bond acceptors (Lipinski definition) is 4. The van der Waals surface area contributed by atoms with Crippen LogP contribution in [0.1, 0.15) is 56.2 Å². The number of aryl methyl sites for hydroxylation is 2. The van der Waals surface area contributed by atoms with E-state index in [1.807, 2.05) is 56.3 Å². The number of anilines is 1. The Bertz CT molecular complexity index is 1100. The van der Waals surface area contributed by atoms with Gasteiger partial charge in [-0.25, -0.2) is 8.42 Å². The lowest BCUT2D eigenvalue weighted by atomic mass is 10.1. The van der Waals surface area contributed by atoms with Crippen molar-refractivity contribution >= 4 is 27.5 Å². The van der Waals surface area contributed by atoms with Gasteiger partial charge in [-0.2, -0.15) is 0 Å². The van der Waals surface area contributed by atoms with Gasteiger partial charge in [0.1, 0.15) is 6.04 Å². The summed E-state index contributed by atoms with van der Waals surface area (Å²) in [4.78, 5) is 27.7. The number of amides is 2. The van der Waals surface area contributed by atoms with Gasteiger partial charge in [-0.3, -0.25) is 13.9 Å². The van der Waals surface area contributed by atoms with Gasteiger partial charge in [0.15, 0.2) is 0 Å². The summed E-state index contributed by atoms with van der Waals surface area (Å²) < 4.78 is 26.2. The Morgan fingerprint density at radius 1 is 1.03 bits per heavy atom. The molecule has 1 atom stereocenters. The van der Waals surface area contributed by atoms with Crippen molar-refractivity contribution in [2.45, 2.75) is 66.0 Å². The Morgan fingerprint density at radius 2 is 1.74 bits per heavy atom. The molecule has 2 amide bonds. The van der Waals surface area contributed by atoms with Gasteiger partial charge in [-0.15, -0.1) is 0 Å². The highest BCUT2D eigenvalue weighted by atomic mass is 32.2. The second-order valence-corrected chi connectivity index (χ2v) is 11.0. The van der Waals surface area contributed by atoms with Crippen molar-refractivity contribution in [2.75, 3.05) is 23.7 Å². The molecule has 2 aromatic carbocycles. The number of nitrogens with one attached hydrogen (secondary N) is 1. The predicted molar refractivity (Wildman–Crippen MR) is 142 cm³/mol. The van der Waals surface area contributed by atoms with Crippen molar-refractivity contribution < 1.29 is 18.0 Å². The summed E-state index contributed by atoms with van der Waals surface area (Å²) in [6, 6.07) is 14.5. The quantitative estimate of drug-likeness (QED) is 0.417. The van der Waals surface area contributed by atoms with Crippen molar-refractivity contribution in [3.63, 3.8) is 0 Å². The molecule has 0 aliphatic rings. The summed E-state index contributed by atoms with van der Waals surface area (Å²) in [7, 11) is -3.51. The molecule has 7 nitrogen and oxygen atoms in total. The van der Waals surface area contributed by atoms with Crippen LogP contribution in [0.3, 0.4) is 0 Å². The third kappa shape index (κ3) is 8.69. The normalized spacial score (nSPS) is 12.1. The molecule has 2 rings (SSSR count). The third-order valence-electron chi connectivity index (χ3n) is 6.04. The van der Waals surface area contributed by atoms with E-state index < -0.39 is 16.1 Å². The topological polar surface area (TPSA) is 86.8 Å². The largest absolute Gasteiger partial charge is 0.354 e. The molecule has 0 bridgehead atoms. The molecule has 0 radical (unpaired) electrons. The van der Waals surface area contributed by atoms with Crippen LogP contribution in [0.5, 0.6) is 0 Å². The van der Waals surface area contributed by atoms with E-state index in [9.17, 15) is 18.0 Å². The number of carbonyl (C=O) groups excluding carboxylic acids is 2. The van der Waals surface area contributed by atoms with Crippen molar-refractivity contribution in [3.8, 4) is 0 Å². The summed E-state index contributed by atoms with van der Waals surface area (Å²) in [5.74, 6) is -0.359. The Morgan fingerprint density at radius 3 is 2.37 bits per heavy atom. The zero-order valence-corrected chi connectivity index (χ0v) is 22.4. The van der Waals surface area contributed by atoms with Crippen LogP contribution in [0.25, 0.3) is 0 Å². The van der Waals surface area contributed by atoms with Gasteiger partial charge in [0, 0.05) is 26.1 Å². The average molecular weight is 502 g/mol. The van der Waals surface area contributed by atoms with Crippen molar-refractivity contribution in [3.05, 3.63) is 65.2 Å². The molecule has 0 spiro atoms. The van der Waals surface area contributed by atoms with Crippen LogP contribution in [0.4, 0.5) is 5.69 Å². The first kappa shape index (κ1) is 28.4. The fourth-order valence-corrected chi connectivity index (χ4v) is 4.83. The van der Waals surface area contributed by atoms with E-state index in [0.717, 1.165) is 29.5 Å². The fraction of sp³-hybridized carbons (Fsp3) is 0.481. The second-order valence-electron chi connectivity index (χ2n) is 9.05. The number of sulfonamides is 1. The molecule has 192 valence electrons. The van der Waals surface area contributed by atoms with Crippen LogP contribution in [-0.2, 0) is 26.2 Å². The van der Waals surface area contributed by atoms with Gasteiger partial charge in [-0.1, -0.05) is 49.7 Å². The summed E-state index contributed by atoms with van der Waals surface area (Å²) >= 11 is 0. The molecule has 0 saturated carbocycles. The summed E-state index contributed by atoms with van der Waals surface area (Å²) in [6.07, 6.45) is 3.50. The lowest BCUT2D eigenvalue weighted by Crippen LogP contribution is -2.48. The highest BCUT2D eigenvalue weighted by Crippen LogP contribution is 2.20. The number of rotatable bonds is 13. The highest BCUT2D eigenvalue weighted by molar-refractivity contribution is 7.92. The van der Waals surface area contributed by atoms with Gasteiger partial charge >= 0.3 is 0 Å². The highest BCUT2D eigenvalue weighted by Gasteiger charge is 2.26. The first-order valence-electron chi connectivity index (χ1n) is 12.2. The molecule has 0 aliphatic carbocycles. The number of carbonyl (C=O) groups is 2. The maximum atomic E-state index is 13.3. The monoisotopic (exact) mass is 501 g/mol. The van der Waals surface area contributed by atoms with Gasteiger partial charge in [0.2, 0.25) is 21.8 Å². The minimum absolute atomic E-state index is 0.135. The van der Waals surface area contributed by atoms with E-state index in [2.05, 4.69) is 12.2 Å². The number of unbranched alkanes of at least 4 members (excludes halogenated alkanes) is 1. The number of hydrogen-bond donors (Lipinski definition) is 1. The molecule has 0 fully saturated rings. The Balaban J connectivity index is 2.15. The number of benzene rings is 2. The maximum absolute atomic E-state index is 13.3. The van der Waals surface area contributed by atoms with Gasteiger partial charge in [-0.05, 0) is 62.4 Å². The summed E-state index contributed by atoms with van der Waals surface area (Å²) in [5, 5.41) is 2.92. The van der Waals surface area contributed by atoms with Crippen LogP contribution in [-0.4, -0.2) is 50.5 Å². The van der Waals surface area contributed by atoms with E-state index >= 15 is 0 Å². The standard InChI is InChI=1S/C27H39N3O4S/c1-6-7-17-28-27(32)23(4)29(20-24-14-9-8-13-22(24)3)26(31)16-11-18-30(35(5,33)34)25-15-10-12-21(2)19-25/h8-10,12-15,19,23H,6-7,11,16-18,20H2,1-5H3,(H,28,32)/t23-/m0/s1. The molecule has 35 heavy (non-hydrogen) atoms. The van der Waals surface area contributed by atoms with Crippen LogP contribution in [0, 0.1) is 13.8 Å². The van der Waals surface area contributed by atoms with Gasteiger partial charge < -0.3 is 10.2 Å². The average Bonchev–Trinajstić information content (AvgIpc) is 2.80. The minimum Gasteiger partial charge on any atom is -0.354 e. The molecule has 0 aromatic heterocycles. The summed E-state index contributed by atoms with van der Waals surface area (Å²) in [5.41, 5.74) is 3.57. The lowest BCUT2D eigenvalue weighted by Gasteiger charge is -2.30. The van der Waals surface area contributed by atoms with Crippen molar-refractivity contribution in [1.29, 1.82) is 0 Å². The van der Waals surface area contributed by atoms with Crippen LogP contribution >= 0.6 is 0 Å². The van der Waals surface area contributed by atoms with E-state index in [1.54, 1.807) is 17.9 Å². The van der Waals surface area contributed by atoms with Crippen LogP contribution < -0.4 is 9.62 Å². The molecule has 0 aliphatic heterocycles. The Labute approximate surface area is 210 Å². The maximum Gasteiger partial charge on any atom is 0.242 e. The SMILES string of the molecule is CCCCNC(=O)[C@H](C)N(Cc1ccccc1C)C(=O)CCCN(c1cccc(C)c1)S(C)(=O)=O. The first-order valence-corrected chi connectivity index (χ1v) is 14.1. The van der Waals surface area contributed by atoms with E-state index in [0.29, 0.717) is 25.2 Å². The van der Waals surface area contributed by atoms with Crippen LogP contribution in [0.2, 0.25) is 0 Å².